The van der Waals surface area contributed by atoms with Crippen molar-refractivity contribution < 1.29 is 9.59 Å². The molecule has 0 bridgehead atoms. The number of amides is 2. The molecule has 0 spiro atoms. The normalized spacial score (nSPS) is 19.7. The molecule has 128 valence electrons. The minimum Gasteiger partial charge on any atom is -0.354 e. The van der Waals surface area contributed by atoms with Crippen molar-refractivity contribution in [3.8, 4) is 0 Å². The highest BCUT2D eigenvalue weighted by Crippen LogP contribution is 2.26. The zero-order chi connectivity index (χ0) is 15.9. The summed E-state index contributed by atoms with van der Waals surface area (Å²) in [5.74, 6) is 0.209. The lowest BCUT2D eigenvalue weighted by Crippen LogP contribution is -2.36. The van der Waals surface area contributed by atoms with Crippen molar-refractivity contribution in [1.82, 2.24) is 10.6 Å². The molecular weight excluding hydrogens is 314 g/mol. The largest absolute Gasteiger partial charge is 0.354 e. The van der Waals surface area contributed by atoms with Gasteiger partial charge in [0.05, 0.1) is 0 Å². The first-order valence-corrected chi connectivity index (χ1v) is 7.93. The van der Waals surface area contributed by atoms with E-state index >= 15 is 0 Å². The van der Waals surface area contributed by atoms with Gasteiger partial charge in [-0.3, -0.25) is 9.59 Å². The van der Waals surface area contributed by atoms with E-state index in [4.69, 9.17) is 5.73 Å². The second-order valence-electron chi connectivity index (χ2n) is 6.03. The summed E-state index contributed by atoms with van der Waals surface area (Å²) in [4.78, 5) is 23.7. The number of halogens is 1. The van der Waals surface area contributed by atoms with E-state index in [2.05, 4.69) is 10.6 Å². The Morgan fingerprint density at radius 1 is 1.13 bits per heavy atom. The van der Waals surface area contributed by atoms with Crippen LogP contribution < -0.4 is 16.4 Å². The average molecular weight is 340 g/mol. The molecule has 0 aromatic heterocycles. The highest BCUT2D eigenvalue weighted by Gasteiger charge is 2.25. The van der Waals surface area contributed by atoms with Gasteiger partial charge in [0.2, 0.25) is 5.91 Å². The third-order valence-corrected chi connectivity index (χ3v) is 4.21. The van der Waals surface area contributed by atoms with Gasteiger partial charge in [-0.15, -0.1) is 12.4 Å². The van der Waals surface area contributed by atoms with Crippen LogP contribution in [0.2, 0.25) is 0 Å². The van der Waals surface area contributed by atoms with Gasteiger partial charge in [-0.25, -0.2) is 0 Å². The van der Waals surface area contributed by atoms with Crippen molar-refractivity contribution in [1.29, 1.82) is 0 Å². The van der Waals surface area contributed by atoms with Crippen LogP contribution in [0.25, 0.3) is 0 Å². The summed E-state index contributed by atoms with van der Waals surface area (Å²) in [6.07, 6.45) is 3.67. The number of aryl methyl sites for hydroxylation is 1. The zero-order valence-corrected chi connectivity index (χ0v) is 14.3. The molecule has 1 fully saturated rings. The lowest BCUT2D eigenvalue weighted by molar-refractivity contribution is -0.122. The molecule has 1 saturated carbocycles. The van der Waals surface area contributed by atoms with Crippen LogP contribution in [0.4, 0.5) is 0 Å². The van der Waals surface area contributed by atoms with E-state index in [9.17, 15) is 9.59 Å². The number of rotatable bonds is 6. The fourth-order valence-corrected chi connectivity index (χ4v) is 2.81. The second-order valence-corrected chi connectivity index (χ2v) is 6.03. The van der Waals surface area contributed by atoms with E-state index in [1.165, 1.54) is 0 Å². The van der Waals surface area contributed by atoms with E-state index in [0.29, 0.717) is 31.0 Å². The summed E-state index contributed by atoms with van der Waals surface area (Å²) in [5, 5.41) is 5.63. The summed E-state index contributed by atoms with van der Waals surface area (Å²) in [5.41, 5.74) is 7.71. The Balaban J connectivity index is 0.00000264. The number of hydrogen-bond acceptors (Lipinski definition) is 3. The SMILES string of the molecule is Cc1ccc(C(=O)NCCNC(=O)C[C@@H]2CCC[C@H]2N)cc1.Cl. The molecule has 5 nitrogen and oxygen atoms in total. The Kier molecular flexibility index (Phi) is 8.06. The molecule has 0 heterocycles. The molecule has 1 aliphatic carbocycles. The summed E-state index contributed by atoms with van der Waals surface area (Å²) in [6, 6.07) is 7.56. The predicted molar refractivity (Wildman–Crippen MR) is 93.7 cm³/mol. The van der Waals surface area contributed by atoms with Gasteiger partial charge >= 0.3 is 0 Å². The second kappa shape index (κ2) is 9.53. The van der Waals surface area contributed by atoms with E-state index in [0.717, 1.165) is 24.8 Å². The molecule has 0 aliphatic heterocycles. The molecule has 2 atom stereocenters. The lowest BCUT2D eigenvalue weighted by atomic mass is 10.00. The van der Waals surface area contributed by atoms with Crippen LogP contribution in [0.5, 0.6) is 0 Å². The monoisotopic (exact) mass is 339 g/mol. The summed E-state index contributed by atoms with van der Waals surface area (Å²) in [6.45, 7) is 2.85. The molecule has 6 heteroatoms. The van der Waals surface area contributed by atoms with Gasteiger partial charge in [0.25, 0.3) is 5.91 Å². The molecule has 2 rings (SSSR count). The van der Waals surface area contributed by atoms with Gasteiger partial charge in [0.1, 0.15) is 0 Å². The van der Waals surface area contributed by atoms with Gasteiger partial charge in [-0.1, -0.05) is 24.1 Å². The number of carbonyl (C=O) groups excluding carboxylic acids is 2. The first-order valence-electron chi connectivity index (χ1n) is 7.93. The predicted octanol–water partition coefficient (Wildman–Crippen LogP) is 1.78. The van der Waals surface area contributed by atoms with E-state index in [-0.39, 0.29) is 30.3 Å². The number of benzene rings is 1. The first-order chi connectivity index (χ1) is 10.6. The molecule has 1 aliphatic rings. The van der Waals surface area contributed by atoms with Crippen molar-refractivity contribution in [3.63, 3.8) is 0 Å². The topological polar surface area (TPSA) is 84.2 Å². The van der Waals surface area contributed by atoms with Crippen LogP contribution in [0.1, 0.15) is 41.6 Å². The quantitative estimate of drug-likeness (QED) is 0.691. The Morgan fingerprint density at radius 3 is 2.39 bits per heavy atom. The zero-order valence-electron chi connectivity index (χ0n) is 13.5. The molecule has 0 unspecified atom stereocenters. The number of nitrogens with one attached hydrogen (secondary N) is 2. The molecule has 23 heavy (non-hydrogen) atoms. The Morgan fingerprint density at radius 2 is 1.78 bits per heavy atom. The minimum atomic E-state index is -0.118. The average Bonchev–Trinajstić information content (AvgIpc) is 2.89. The Hall–Kier alpha value is -1.59. The van der Waals surface area contributed by atoms with Crippen LogP contribution in [-0.4, -0.2) is 30.9 Å². The van der Waals surface area contributed by atoms with E-state index < -0.39 is 0 Å². The molecule has 0 saturated heterocycles. The standard InChI is InChI=1S/C17H25N3O2.ClH/c1-12-5-7-13(8-6-12)17(22)20-10-9-19-16(21)11-14-3-2-4-15(14)18;/h5-8,14-15H,2-4,9-11,18H2,1H3,(H,19,21)(H,20,22);1H/t14-,15+;/m0./s1. The molecule has 2 amide bonds. The third kappa shape index (κ3) is 6.20. The number of carbonyl (C=O) groups is 2. The highest BCUT2D eigenvalue weighted by atomic mass is 35.5. The summed E-state index contributed by atoms with van der Waals surface area (Å²) >= 11 is 0. The smallest absolute Gasteiger partial charge is 0.251 e. The number of hydrogen-bond donors (Lipinski definition) is 3. The van der Waals surface area contributed by atoms with Gasteiger partial charge in [0, 0.05) is 31.1 Å². The van der Waals surface area contributed by atoms with Crippen LogP contribution >= 0.6 is 12.4 Å². The van der Waals surface area contributed by atoms with E-state index in [1.54, 1.807) is 12.1 Å². The lowest BCUT2D eigenvalue weighted by Gasteiger charge is -2.14. The maximum absolute atomic E-state index is 11.9. The summed E-state index contributed by atoms with van der Waals surface area (Å²) in [7, 11) is 0. The minimum absolute atomic E-state index is 0. The van der Waals surface area contributed by atoms with Crippen molar-refractivity contribution in [2.24, 2.45) is 11.7 Å². The van der Waals surface area contributed by atoms with Gasteiger partial charge in [-0.2, -0.15) is 0 Å². The van der Waals surface area contributed by atoms with Gasteiger partial charge in [-0.05, 0) is 37.8 Å². The maximum atomic E-state index is 11.9. The first kappa shape index (κ1) is 19.5. The van der Waals surface area contributed by atoms with Crippen LogP contribution in [0.3, 0.4) is 0 Å². The third-order valence-electron chi connectivity index (χ3n) is 4.21. The molecule has 0 radical (unpaired) electrons. The fourth-order valence-electron chi connectivity index (χ4n) is 2.81. The fraction of sp³-hybridized carbons (Fsp3) is 0.529. The van der Waals surface area contributed by atoms with Crippen molar-refractivity contribution in [3.05, 3.63) is 35.4 Å². The Labute approximate surface area is 143 Å². The van der Waals surface area contributed by atoms with Crippen LogP contribution in [0.15, 0.2) is 24.3 Å². The number of nitrogens with two attached hydrogens (primary N) is 1. The van der Waals surface area contributed by atoms with Crippen molar-refractivity contribution in [2.45, 2.75) is 38.6 Å². The molecule has 4 N–H and O–H groups in total. The van der Waals surface area contributed by atoms with Crippen LogP contribution in [-0.2, 0) is 4.79 Å². The maximum Gasteiger partial charge on any atom is 0.251 e. The van der Waals surface area contributed by atoms with Gasteiger partial charge < -0.3 is 16.4 Å². The van der Waals surface area contributed by atoms with Gasteiger partial charge in [0.15, 0.2) is 0 Å². The van der Waals surface area contributed by atoms with Crippen molar-refractivity contribution in [2.75, 3.05) is 13.1 Å². The molecular formula is C17H26ClN3O2. The Bertz CT molecular complexity index is 519. The molecule has 1 aromatic carbocycles. The molecule has 1 aromatic rings. The summed E-state index contributed by atoms with van der Waals surface area (Å²) < 4.78 is 0. The van der Waals surface area contributed by atoms with E-state index in [1.807, 2.05) is 19.1 Å². The van der Waals surface area contributed by atoms with Crippen LogP contribution in [0, 0.1) is 12.8 Å². The highest BCUT2D eigenvalue weighted by molar-refractivity contribution is 5.94. The van der Waals surface area contributed by atoms with Crippen molar-refractivity contribution >= 4 is 24.2 Å².